The molecule has 0 saturated carbocycles. The van der Waals surface area contributed by atoms with E-state index in [1.165, 1.54) is 0 Å². The Labute approximate surface area is 106 Å². The standard InChI is InChI=1S/C14H19N3O/c1-5-6-9-7-10-11(15-8-9)16-13(14(2,3)4)17-12(10)18/h7-8H,5-6H2,1-4H3,(H,15,16,17,18). The number of aryl methyl sites for hydroxylation is 1. The number of pyridine rings is 1. The molecule has 0 aromatic carbocycles. The molecule has 2 aromatic rings. The predicted molar refractivity (Wildman–Crippen MR) is 72.9 cm³/mol. The second kappa shape index (κ2) is 4.52. The van der Waals surface area contributed by atoms with Gasteiger partial charge in [0.1, 0.15) is 5.82 Å². The van der Waals surface area contributed by atoms with Crippen molar-refractivity contribution in [2.24, 2.45) is 0 Å². The highest BCUT2D eigenvalue weighted by Gasteiger charge is 2.18. The van der Waals surface area contributed by atoms with E-state index in [-0.39, 0.29) is 11.0 Å². The van der Waals surface area contributed by atoms with E-state index in [0.717, 1.165) is 18.4 Å². The molecule has 0 radical (unpaired) electrons. The summed E-state index contributed by atoms with van der Waals surface area (Å²) in [5.41, 5.74) is 1.33. The van der Waals surface area contributed by atoms with Crippen LogP contribution in [0.2, 0.25) is 0 Å². The molecule has 18 heavy (non-hydrogen) atoms. The maximum absolute atomic E-state index is 12.1. The monoisotopic (exact) mass is 245 g/mol. The molecule has 0 fully saturated rings. The molecule has 0 amide bonds. The molecule has 4 nitrogen and oxygen atoms in total. The number of nitrogens with zero attached hydrogens (tertiary/aromatic N) is 2. The lowest BCUT2D eigenvalue weighted by Gasteiger charge is -2.17. The number of hydrogen-bond acceptors (Lipinski definition) is 3. The summed E-state index contributed by atoms with van der Waals surface area (Å²) >= 11 is 0. The van der Waals surface area contributed by atoms with Crippen LogP contribution < -0.4 is 5.56 Å². The minimum Gasteiger partial charge on any atom is -0.309 e. The van der Waals surface area contributed by atoms with Gasteiger partial charge < -0.3 is 4.98 Å². The van der Waals surface area contributed by atoms with Crippen molar-refractivity contribution in [2.75, 3.05) is 0 Å². The lowest BCUT2D eigenvalue weighted by molar-refractivity contribution is 0.545. The lowest BCUT2D eigenvalue weighted by atomic mass is 9.95. The summed E-state index contributed by atoms with van der Waals surface area (Å²) in [5.74, 6) is 0.677. The first kappa shape index (κ1) is 12.7. The van der Waals surface area contributed by atoms with Gasteiger partial charge in [-0.1, -0.05) is 34.1 Å². The highest BCUT2D eigenvalue weighted by Crippen LogP contribution is 2.18. The normalized spacial score (nSPS) is 12.0. The SMILES string of the molecule is CCCc1cnc2nc(C(C)(C)C)[nH]c(=O)c2c1. The van der Waals surface area contributed by atoms with Crippen LogP contribution in [0.5, 0.6) is 0 Å². The molecule has 0 bridgehead atoms. The van der Waals surface area contributed by atoms with E-state index >= 15 is 0 Å². The van der Waals surface area contributed by atoms with Gasteiger partial charge in [-0.15, -0.1) is 0 Å². The van der Waals surface area contributed by atoms with Crippen molar-refractivity contribution in [1.82, 2.24) is 15.0 Å². The average molecular weight is 245 g/mol. The van der Waals surface area contributed by atoms with Gasteiger partial charge in [0.05, 0.1) is 5.39 Å². The Bertz CT molecular complexity index is 623. The van der Waals surface area contributed by atoms with Gasteiger partial charge in [-0.2, -0.15) is 0 Å². The van der Waals surface area contributed by atoms with E-state index < -0.39 is 0 Å². The molecule has 96 valence electrons. The van der Waals surface area contributed by atoms with Crippen LogP contribution in [0.25, 0.3) is 11.0 Å². The Kier molecular flexibility index (Phi) is 3.20. The maximum atomic E-state index is 12.1. The molecule has 4 heteroatoms. The van der Waals surface area contributed by atoms with Crippen molar-refractivity contribution in [1.29, 1.82) is 0 Å². The fourth-order valence-electron chi connectivity index (χ4n) is 1.85. The van der Waals surface area contributed by atoms with Gasteiger partial charge in [-0.25, -0.2) is 9.97 Å². The topological polar surface area (TPSA) is 58.6 Å². The predicted octanol–water partition coefficient (Wildman–Crippen LogP) is 2.57. The zero-order chi connectivity index (χ0) is 13.3. The molecule has 0 spiro atoms. The van der Waals surface area contributed by atoms with E-state index in [9.17, 15) is 4.79 Å². The van der Waals surface area contributed by atoms with Gasteiger partial charge in [-0.3, -0.25) is 4.79 Å². The minimum atomic E-state index is -0.183. The van der Waals surface area contributed by atoms with Gasteiger partial charge >= 0.3 is 0 Å². The van der Waals surface area contributed by atoms with Gasteiger partial charge in [0.2, 0.25) is 0 Å². The summed E-state index contributed by atoms with van der Waals surface area (Å²) in [6, 6.07) is 1.89. The fourth-order valence-corrected chi connectivity index (χ4v) is 1.85. The highest BCUT2D eigenvalue weighted by atomic mass is 16.1. The van der Waals surface area contributed by atoms with Crippen LogP contribution in [0, 0.1) is 0 Å². The number of hydrogen-bond donors (Lipinski definition) is 1. The van der Waals surface area contributed by atoms with Crippen LogP contribution in [0.15, 0.2) is 17.1 Å². The number of fused-ring (bicyclic) bond motifs is 1. The second-order valence-corrected chi connectivity index (χ2v) is 5.63. The van der Waals surface area contributed by atoms with E-state index in [2.05, 4.69) is 21.9 Å². The minimum absolute atomic E-state index is 0.102. The quantitative estimate of drug-likeness (QED) is 0.884. The number of H-pyrrole nitrogens is 1. The number of rotatable bonds is 2. The van der Waals surface area contributed by atoms with Crippen LogP contribution in [0.3, 0.4) is 0 Å². The van der Waals surface area contributed by atoms with Crippen molar-refractivity contribution in [3.05, 3.63) is 34.0 Å². The Morgan fingerprint density at radius 3 is 2.67 bits per heavy atom. The third-order valence-corrected chi connectivity index (χ3v) is 2.87. The second-order valence-electron chi connectivity index (χ2n) is 5.63. The number of nitrogens with one attached hydrogen (secondary N) is 1. The summed E-state index contributed by atoms with van der Waals surface area (Å²) < 4.78 is 0. The van der Waals surface area contributed by atoms with Crippen LogP contribution in [0.1, 0.15) is 45.5 Å². The van der Waals surface area contributed by atoms with Crippen molar-refractivity contribution >= 4 is 11.0 Å². The third-order valence-electron chi connectivity index (χ3n) is 2.87. The maximum Gasteiger partial charge on any atom is 0.260 e. The first-order valence-electron chi connectivity index (χ1n) is 6.31. The van der Waals surface area contributed by atoms with Crippen LogP contribution in [-0.2, 0) is 11.8 Å². The summed E-state index contributed by atoms with van der Waals surface area (Å²) in [6.07, 6.45) is 3.78. The van der Waals surface area contributed by atoms with E-state index in [0.29, 0.717) is 16.9 Å². The highest BCUT2D eigenvalue weighted by molar-refractivity contribution is 5.73. The van der Waals surface area contributed by atoms with Gasteiger partial charge in [-0.05, 0) is 18.1 Å². The largest absolute Gasteiger partial charge is 0.309 e. The molecular weight excluding hydrogens is 226 g/mol. The molecule has 1 N–H and O–H groups in total. The van der Waals surface area contributed by atoms with E-state index in [4.69, 9.17) is 0 Å². The molecule has 0 unspecified atom stereocenters. The van der Waals surface area contributed by atoms with Gasteiger partial charge in [0.15, 0.2) is 5.65 Å². The smallest absolute Gasteiger partial charge is 0.260 e. The zero-order valence-corrected chi connectivity index (χ0v) is 11.4. The molecule has 0 aliphatic carbocycles. The lowest BCUT2D eigenvalue weighted by Crippen LogP contribution is -2.22. The average Bonchev–Trinajstić information content (AvgIpc) is 2.29. The number of aromatic amines is 1. The molecule has 2 heterocycles. The summed E-state index contributed by atoms with van der Waals surface area (Å²) in [6.45, 7) is 8.16. The molecule has 0 atom stereocenters. The summed E-state index contributed by atoms with van der Waals surface area (Å²) in [7, 11) is 0. The Balaban J connectivity index is 2.63. The Morgan fingerprint density at radius 1 is 1.33 bits per heavy atom. The summed E-state index contributed by atoms with van der Waals surface area (Å²) in [5, 5.41) is 0.578. The Hall–Kier alpha value is -1.71. The van der Waals surface area contributed by atoms with Crippen LogP contribution in [0.4, 0.5) is 0 Å². The fraction of sp³-hybridized carbons (Fsp3) is 0.500. The van der Waals surface area contributed by atoms with Crippen LogP contribution in [-0.4, -0.2) is 15.0 Å². The molecule has 2 rings (SSSR count). The number of aromatic nitrogens is 3. The molecule has 0 saturated heterocycles. The molecule has 0 aliphatic rings. The Morgan fingerprint density at radius 2 is 2.06 bits per heavy atom. The van der Waals surface area contributed by atoms with Crippen molar-refractivity contribution in [2.45, 2.75) is 46.0 Å². The molecule has 0 aliphatic heterocycles. The van der Waals surface area contributed by atoms with Crippen molar-refractivity contribution in [3.63, 3.8) is 0 Å². The zero-order valence-electron chi connectivity index (χ0n) is 11.4. The van der Waals surface area contributed by atoms with E-state index in [1.54, 1.807) is 0 Å². The molecular formula is C14H19N3O. The summed E-state index contributed by atoms with van der Waals surface area (Å²) in [4.78, 5) is 23.7. The van der Waals surface area contributed by atoms with Crippen molar-refractivity contribution in [3.8, 4) is 0 Å². The first-order chi connectivity index (χ1) is 8.41. The first-order valence-corrected chi connectivity index (χ1v) is 6.31. The van der Waals surface area contributed by atoms with Crippen LogP contribution >= 0.6 is 0 Å². The third kappa shape index (κ3) is 2.42. The van der Waals surface area contributed by atoms with Crippen molar-refractivity contribution < 1.29 is 0 Å². The van der Waals surface area contributed by atoms with E-state index in [1.807, 2.05) is 33.0 Å². The van der Waals surface area contributed by atoms with Gasteiger partial charge in [0.25, 0.3) is 5.56 Å². The molecule has 2 aromatic heterocycles. The van der Waals surface area contributed by atoms with Gasteiger partial charge in [0, 0.05) is 11.6 Å².